The molecule has 0 spiro atoms. The van der Waals surface area contributed by atoms with Crippen LogP contribution in [0, 0.1) is 0 Å². The molecule has 5 nitrogen and oxygen atoms in total. The molecule has 0 aliphatic heterocycles. The SMILES string of the molecule is O=C(N[C@@H]1CCCc2ccccc21)c1ccc(-c2cnc(Oc3ccccc3)nc2)cc1. The summed E-state index contributed by atoms with van der Waals surface area (Å²) in [5.41, 5.74) is 5.01. The van der Waals surface area contributed by atoms with Gasteiger partial charge in [0.25, 0.3) is 5.91 Å². The van der Waals surface area contributed by atoms with E-state index in [1.807, 2.05) is 60.7 Å². The quantitative estimate of drug-likeness (QED) is 0.446. The summed E-state index contributed by atoms with van der Waals surface area (Å²) in [7, 11) is 0. The van der Waals surface area contributed by atoms with Crippen LogP contribution in [0.15, 0.2) is 91.3 Å². The third-order valence-electron chi connectivity index (χ3n) is 5.74. The zero-order chi connectivity index (χ0) is 21.8. The number of nitrogens with zero attached hydrogens (tertiary/aromatic N) is 2. The smallest absolute Gasteiger partial charge is 0.321 e. The molecule has 5 rings (SSSR count). The summed E-state index contributed by atoms with van der Waals surface area (Å²) < 4.78 is 5.64. The lowest BCUT2D eigenvalue weighted by Gasteiger charge is -2.26. The number of rotatable bonds is 5. The lowest BCUT2D eigenvalue weighted by atomic mass is 9.87. The predicted octanol–water partition coefficient (Wildman–Crippen LogP) is 5.74. The van der Waals surface area contributed by atoms with Gasteiger partial charge in [0, 0.05) is 23.5 Å². The largest absolute Gasteiger partial charge is 0.424 e. The number of nitrogens with one attached hydrogen (secondary N) is 1. The minimum atomic E-state index is -0.0545. The Kier molecular flexibility index (Phi) is 5.62. The molecule has 1 amide bonds. The van der Waals surface area contributed by atoms with Gasteiger partial charge < -0.3 is 10.1 Å². The highest BCUT2D eigenvalue weighted by Crippen LogP contribution is 2.30. The number of benzene rings is 3. The number of carbonyl (C=O) groups excluding carboxylic acids is 1. The summed E-state index contributed by atoms with van der Waals surface area (Å²) in [4.78, 5) is 21.4. The van der Waals surface area contributed by atoms with E-state index in [1.54, 1.807) is 12.4 Å². The molecule has 0 bridgehead atoms. The zero-order valence-electron chi connectivity index (χ0n) is 17.6. The highest BCUT2D eigenvalue weighted by Gasteiger charge is 2.21. The number of para-hydroxylation sites is 1. The van der Waals surface area contributed by atoms with Gasteiger partial charge in [0.2, 0.25) is 0 Å². The lowest BCUT2D eigenvalue weighted by molar-refractivity contribution is 0.0933. The first-order chi connectivity index (χ1) is 15.8. The fraction of sp³-hybridized carbons (Fsp3) is 0.148. The standard InChI is InChI=1S/C27H23N3O2/c31-26(30-25-12-6-8-20-7-4-5-11-24(20)25)21-15-13-19(14-16-21)22-17-28-27(29-18-22)32-23-9-2-1-3-10-23/h1-5,7,9-11,13-18,25H,6,8,12H2,(H,30,31)/t25-/m1/s1. The molecule has 1 heterocycles. The number of aryl methyl sites for hydroxylation is 1. The van der Waals surface area contributed by atoms with Crippen molar-refractivity contribution in [3.63, 3.8) is 0 Å². The molecule has 3 aromatic carbocycles. The van der Waals surface area contributed by atoms with Crippen molar-refractivity contribution in [3.8, 4) is 22.9 Å². The molecular formula is C27H23N3O2. The predicted molar refractivity (Wildman–Crippen MR) is 124 cm³/mol. The highest BCUT2D eigenvalue weighted by molar-refractivity contribution is 5.95. The number of amides is 1. The van der Waals surface area contributed by atoms with E-state index in [2.05, 4.69) is 33.5 Å². The maximum Gasteiger partial charge on any atom is 0.321 e. The summed E-state index contributed by atoms with van der Waals surface area (Å²) in [6.07, 6.45) is 6.58. The molecule has 0 radical (unpaired) electrons. The molecule has 1 aromatic heterocycles. The first-order valence-electron chi connectivity index (χ1n) is 10.8. The Balaban J connectivity index is 1.26. The third-order valence-corrected chi connectivity index (χ3v) is 5.74. The minimum Gasteiger partial charge on any atom is -0.424 e. The Hall–Kier alpha value is -3.99. The Labute approximate surface area is 187 Å². The van der Waals surface area contributed by atoms with E-state index in [9.17, 15) is 4.79 Å². The topological polar surface area (TPSA) is 64.1 Å². The van der Waals surface area contributed by atoms with Crippen molar-refractivity contribution in [3.05, 3.63) is 108 Å². The molecule has 4 aromatic rings. The van der Waals surface area contributed by atoms with Crippen LogP contribution in [0.1, 0.15) is 40.4 Å². The molecule has 1 atom stereocenters. The number of fused-ring (bicyclic) bond motifs is 1. The summed E-state index contributed by atoms with van der Waals surface area (Å²) in [6.45, 7) is 0. The van der Waals surface area contributed by atoms with Gasteiger partial charge in [-0.05, 0) is 60.2 Å². The van der Waals surface area contributed by atoms with Crippen LogP contribution in [0.4, 0.5) is 0 Å². The Morgan fingerprint density at radius 1 is 0.844 bits per heavy atom. The van der Waals surface area contributed by atoms with Crippen molar-refractivity contribution in [1.29, 1.82) is 0 Å². The average Bonchev–Trinajstić information content (AvgIpc) is 2.85. The van der Waals surface area contributed by atoms with Gasteiger partial charge in [0.15, 0.2) is 0 Å². The summed E-state index contributed by atoms with van der Waals surface area (Å²) in [5.74, 6) is 0.636. The lowest BCUT2D eigenvalue weighted by Crippen LogP contribution is -2.30. The molecule has 158 valence electrons. The van der Waals surface area contributed by atoms with E-state index in [0.717, 1.165) is 30.4 Å². The van der Waals surface area contributed by atoms with Crippen molar-refractivity contribution in [1.82, 2.24) is 15.3 Å². The maximum absolute atomic E-state index is 12.8. The van der Waals surface area contributed by atoms with Crippen LogP contribution in [0.2, 0.25) is 0 Å². The summed E-state index contributed by atoms with van der Waals surface area (Å²) >= 11 is 0. The minimum absolute atomic E-state index is 0.0545. The van der Waals surface area contributed by atoms with Gasteiger partial charge in [0.1, 0.15) is 5.75 Å². The highest BCUT2D eigenvalue weighted by atomic mass is 16.5. The van der Waals surface area contributed by atoms with Crippen molar-refractivity contribution in [2.75, 3.05) is 0 Å². The molecule has 1 N–H and O–H groups in total. The van der Waals surface area contributed by atoms with Crippen LogP contribution in [0.25, 0.3) is 11.1 Å². The van der Waals surface area contributed by atoms with Gasteiger partial charge in [-0.25, -0.2) is 9.97 Å². The third kappa shape index (κ3) is 4.37. The number of ether oxygens (including phenoxy) is 1. The van der Waals surface area contributed by atoms with E-state index in [1.165, 1.54) is 11.1 Å². The molecule has 32 heavy (non-hydrogen) atoms. The average molecular weight is 422 g/mol. The molecule has 5 heteroatoms. The monoisotopic (exact) mass is 421 g/mol. The molecule has 0 saturated carbocycles. The van der Waals surface area contributed by atoms with Crippen LogP contribution >= 0.6 is 0 Å². The van der Waals surface area contributed by atoms with Gasteiger partial charge >= 0.3 is 6.01 Å². The van der Waals surface area contributed by atoms with Crippen LogP contribution in [0.3, 0.4) is 0 Å². The number of aromatic nitrogens is 2. The number of carbonyl (C=O) groups is 1. The fourth-order valence-electron chi connectivity index (χ4n) is 4.07. The molecule has 0 fully saturated rings. The molecule has 1 aliphatic rings. The van der Waals surface area contributed by atoms with E-state index in [0.29, 0.717) is 17.3 Å². The maximum atomic E-state index is 12.8. The Bertz CT molecular complexity index is 1210. The van der Waals surface area contributed by atoms with Gasteiger partial charge in [-0.3, -0.25) is 4.79 Å². The molecular weight excluding hydrogens is 398 g/mol. The van der Waals surface area contributed by atoms with Gasteiger partial charge in [-0.1, -0.05) is 54.6 Å². The second kappa shape index (κ2) is 9.02. The van der Waals surface area contributed by atoms with E-state index < -0.39 is 0 Å². The van der Waals surface area contributed by atoms with E-state index >= 15 is 0 Å². The van der Waals surface area contributed by atoms with Gasteiger partial charge in [-0.15, -0.1) is 0 Å². The van der Waals surface area contributed by atoms with Crippen molar-refractivity contribution < 1.29 is 9.53 Å². The summed E-state index contributed by atoms with van der Waals surface area (Å²) in [5, 5.41) is 3.20. The van der Waals surface area contributed by atoms with Crippen molar-refractivity contribution in [2.45, 2.75) is 25.3 Å². The molecule has 1 aliphatic carbocycles. The zero-order valence-corrected chi connectivity index (χ0v) is 17.6. The van der Waals surface area contributed by atoms with Crippen LogP contribution < -0.4 is 10.1 Å². The van der Waals surface area contributed by atoms with Crippen molar-refractivity contribution >= 4 is 5.91 Å². The van der Waals surface area contributed by atoms with Gasteiger partial charge in [-0.2, -0.15) is 0 Å². The number of hydrogen-bond acceptors (Lipinski definition) is 4. The first kappa shape index (κ1) is 19.9. The van der Waals surface area contributed by atoms with Gasteiger partial charge in [0.05, 0.1) is 6.04 Å². The van der Waals surface area contributed by atoms with Crippen molar-refractivity contribution in [2.24, 2.45) is 0 Å². The van der Waals surface area contributed by atoms with Crippen LogP contribution in [-0.4, -0.2) is 15.9 Å². The molecule has 0 saturated heterocycles. The summed E-state index contributed by atoms with van der Waals surface area (Å²) in [6, 6.07) is 25.7. The fourth-order valence-corrected chi connectivity index (χ4v) is 4.07. The number of hydrogen-bond donors (Lipinski definition) is 1. The Morgan fingerprint density at radius 3 is 2.34 bits per heavy atom. The second-order valence-electron chi connectivity index (χ2n) is 7.86. The van der Waals surface area contributed by atoms with E-state index in [4.69, 9.17) is 4.74 Å². The van der Waals surface area contributed by atoms with Crippen LogP contribution in [0.5, 0.6) is 11.8 Å². The Morgan fingerprint density at radius 2 is 1.56 bits per heavy atom. The first-order valence-corrected chi connectivity index (χ1v) is 10.8. The van der Waals surface area contributed by atoms with Crippen LogP contribution in [-0.2, 0) is 6.42 Å². The second-order valence-corrected chi connectivity index (χ2v) is 7.86. The molecule has 0 unspecified atom stereocenters. The van der Waals surface area contributed by atoms with E-state index in [-0.39, 0.29) is 11.9 Å². The normalized spacial score (nSPS) is 14.9.